The quantitative estimate of drug-likeness (QED) is 0.0844. The number of amides is 2. The molecule has 3 N–H and O–H groups in total. The van der Waals surface area contributed by atoms with Crippen molar-refractivity contribution in [3.05, 3.63) is 82.4 Å². The molecule has 3 aromatic carbocycles. The summed E-state index contributed by atoms with van der Waals surface area (Å²) in [6.45, 7) is 17.7. The summed E-state index contributed by atoms with van der Waals surface area (Å²) < 4.78 is 50.2. The first-order chi connectivity index (χ1) is 26.6. The second-order valence-corrected chi connectivity index (χ2v) is 18.1. The first-order valence-corrected chi connectivity index (χ1v) is 20.5. The third-order valence-electron chi connectivity index (χ3n) is 9.48. The first kappa shape index (κ1) is 43.2. The third kappa shape index (κ3) is 9.80. The van der Waals surface area contributed by atoms with Crippen LogP contribution in [-0.2, 0) is 32.6 Å². The number of nitrogens with zero attached hydrogens (tertiary/aromatic N) is 5. The number of benzene rings is 3. The van der Waals surface area contributed by atoms with Crippen molar-refractivity contribution in [2.45, 2.75) is 116 Å². The number of carbonyl (C=O) groups excluding carboxylic acids is 3. The number of rotatable bonds is 9. The van der Waals surface area contributed by atoms with E-state index in [4.69, 9.17) is 18.9 Å². The molecule has 5 rings (SSSR count). The fourth-order valence-corrected chi connectivity index (χ4v) is 8.37. The molecular weight excluding hydrogens is 753 g/mol. The minimum Gasteiger partial charge on any atom is -0.487 e. The van der Waals surface area contributed by atoms with Gasteiger partial charge in [0.05, 0.1) is 18.7 Å². The summed E-state index contributed by atoms with van der Waals surface area (Å²) in [6.07, 6.45) is -1.72. The van der Waals surface area contributed by atoms with Crippen LogP contribution in [0.4, 0.5) is 9.59 Å². The predicted octanol–water partition coefficient (Wildman–Crippen LogP) is 8.02. The molecule has 2 heterocycles. The maximum Gasteiger partial charge on any atom is 0.430 e. The van der Waals surface area contributed by atoms with Crippen LogP contribution in [0, 0.1) is 13.8 Å². The fourth-order valence-electron chi connectivity index (χ4n) is 6.75. The summed E-state index contributed by atoms with van der Waals surface area (Å²) in [5.74, 6) is -1.43. The van der Waals surface area contributed by atoms with E-state index in [1.165, 1.54) is 0 Å². The number of ether oxygens (including phenoxy) is 4. The van der Waals surface area contributed by atoms with E-state index < -0.39 is 52.1 Å². The lowest BCUT2D eigenvalue weighted by Crippen LogP contribution is -2.59. The largest absolute Gasteiger partial charge is 0.487 e. The molecule has 1 aliphatic rings. The summed E-state index contributed by atoms with van der Waals surface area (Å²) in [6, 6.07) is 14.6. The van der Waals surface area contributed by atoms with Crippen LogP contribution in [-0.4, -0.2) is 88.1 Å². The van der Waals surface area contributed by atoms with Crippen LogP contribution < -0.4 is 10.2 Å². The van der Waals surface area contributed by atoms with Crippen molar-refractivity contribution in [2.24, 2.45) is 7.05 Å². The molecule has 0 saturated heterocycles. The van der Waals surface area contributed by atoms with Gasteiger partial charge in [-0.15, -0.1) is 15.9 Å². The number of para-hydroxylation sites is 1. The van der Waals surface area contributed by atoms with Crippen molar-refractivity contribution in [2.75, 3.05) is 13.2 Å². The molecule has 0 spiro atoms. The Morgan fingerprint density at radius 3 is 2.33 bits per heavy atom. The number of esters is 1. The zero-order chi connectivity index (χ0) is 42.0. The smallest absolute Gasteiger partial charge is 0.430 e. The van der Waals surface area contributed by atoms with Crippen molar-refractivity contribution in [3.8, 4) is 5.75 Å². The standard InChI is InChI=1S/C41H56N6O9S/c1-12-29-24-46(57(51,52)33-17-15-14-16-32(33)54-29)23-28-22-27(19-18-25(28)3)34(30-20-21-31-35(26(30)4)42-44-45(31)11)36(37(48)53-13-2)47(39(50)56-41(8,9)10)43-38(49)55-40(5,6)7/h14-22,29,34,36,51-52H,12-13,23-24H2,1-11H3,(H,43,49)/t29-,34?,36?/m1/s1. The maximum atomic E-state index is 14.5. The van der Waals surface area contributed by atoms with E-state index in [-0.39, 0.29) is 25.8 Å². The number of carbonyl (C=O) groups is 3. The molecule has 57 heavy (non-hydrogen) atoms. The van der Waals surface area contributed by atoms with E-state index in [1.54, 1.807) is 88.8 Å². The van der Waals surface area contributed by atoms with Crippen LogP contribution in [0.5, 0.6) is 5.75 Å². The molecule has 0 radical (unpaired) electrons. The zero-order valence-electron chi connectivity index (χ0n) is 34.7. The van der Waals surface area contributed by atoms with Gasteiger partial charge in [-0.05, 0) is 115 Å². The Balaban J connectivity index is 1.74. The normalized spacial score (nSPS) is 17.3. The lowest BCUT2D eigenvalue weighted by Gasteiger charge is -2.42. The highest BCUT2D eigenvalue weighted by atomic mass is 32.3. The second kappa shape index (κ2) is 16.9. The van der Waals surface area contributed by atoms with Crippen LogP contribution in [0.15, 0.2) is 59.5 Å². The molecule has 4 aromatic rings. The monoisotopic (exact) mass is 808 g/mol. The number of nitrogens with one attached hydrogen (secondary N) is 1. The van der Waals surface area contributed by atoms with Gasteiger partial charge in [-0.25, -0.2) is 29.5 Å². The predicted molar refractivity (Wildman–Crippen MR) is 217 cm³/mol. The second-order valence-electron chi connectivity index (χ2n) is 16.1. The molecule has 0 saturated carbocycles. The average molecular weight is 809 g/mol. The summed E-state index contributed by atoms with van der Waals surface area (Å²) >= 11 is 0. The van der Waals surface area contributed by atoms with E-state index >= 15 is 0 Å². The molecule has 2 amide bonds. The van der Waals surface area contributed by atoms with E-state index in [9.17, 15) is 23.5 Å². The number of hydrogen-bond donors (Lipinski definition) is 3. The topological polar surface area (TPSA) is 178 Å². The Morgan fingerprint density at radius 2 is 1.68 bits per heavy atom. The van der Waals surface area contributed by atoms with Gasteiger partial charge < -0.3 is 18.9 Å². The van der Waals surface area contributed by atoms with Gasteiger partial charge in [0.2, 0.25) is 0 Å². The number of fused-ring (bicyclic) bond motifs is 2. The number of aryl methyl sites for hydroxylation is 3. The highest BCUT2D eigenvalue weighted by Crippen LogP contribution is 2.57. The van der Waals surface area contributed by atoms with Gasteiger partial charge in [0, 0.05) is 19.5 Å². The molecule has 0 aliphatic carbocycles. The van der Waals surface area contributed by atoms with Gasteiger partial charge >= 0.3 is 18.2 Å². The van der Waals surface area contributed by atoms with Gasteiger partial charge in [-0.2, -0.15) is 4.31 Å². The Labute approximate surface area is 336 Å². The molecule has 15 nitrogen and oxygen atoms in total. The van der Waals surface area contributed by atoms with E-state index in [0.717, 1.165) is 21.7 Å². The maximum absolute atomic E-state index is 14.5. The van der Waals surface area contributed by atoms with Crippen LogP contribution in [0.2, 0.25) is 0 Å². The summed E-state index contributed by atoms with van der Waals surface area (Å²) in [5, 5.41) is 9.46. The number of aromatic nitrogens is 3. The SMILES string of the molecule is CCOC(=O)C(C(c1ccc(C)c(CN2C[C@@H](CC)Oc3ccccc3S2(O)O)c1)c1ccc2c(nnn2C)c1C)N(NC(=O)OC(C)(C)C)C(=O)OC(C)(C)C. The summed E-state index contributed by atoms with van der Waals surface area (Å²) in [7, 11) is -1.74. The summed E-state index contributed by atoms with van der Waals surface area (Å²) in [5.41, 5.74) is 5.22. The van der Waals surface area contributed by atoms with Crippen molar-refractivity contribution in [1.29, 1.82) is 0 Å². The van der Waals surface area contributed by atoms with E-state index in [0.29, 0.717) is 39.3 Å². The molecule has 1 aliphatic heterocycles. The number of hydrazine groups is 1. The Bertz CT molecular complexity index is 2110. The Morgan fingerprint density at radius 1 is 1.00 bits per heavy atom. The molecule has 3 atom stereocenters. The van der Waals surface area contributed by atoms with Gasteiger partial charge in [0.1, 0.15) is 33.5 Å². The lowest BCUT2D eigenvalue weighted by atomic mass is 9.81. The van der Waals surface area contributed by atoms with Crippen LogP contribution in [0.3, 0.4) is 0 Å². The number of hydrogen-bond acceptors (Lipinski definition) is 12. The molecule has 1 aromatic heterocycles. The van der Waals surface area contributed by atoms with Crippen molar-refractivity contribution < 1.29 is 42.4 Å². The van der Waals surface area contributed by atoms with Crippen LogP contribution in [0.25, 0.3) is 11.0 Å². The molecule has 0 bridgehead atoms. The zero-order valence-corrected chi connectivity index (χ0v) is 35.5. The van der Waals surface area contributed by atoms with Gasteiger partial charge in [-0.1, -0.05) is 48.5 Å². The molecule has 2 unspecified atom stereocenters. The van der Waals surface area contributed by atoms with Crippen LogP contribution >= 0.6 is 10.8 Å². The molecular formula is C41H56N6O9S. The third-order valence-corrected chi connectivity index (χ3v) is 11.4. The molecule has 0 fully saturated rings. The van der Waals surface area contributed by atoms with Gasteiger partial charge in [0.25, 0.3) is 0 Å². The summed E-state index contributed by atoms with van der Waals surface area (Å²) in [4.78, 5) is 42.5. The first-order valence-electron chi connectivity index (χ1n) is 19.0. The highest BCUT2D eigenvalue weighted by molar-refractivity contribution is 8.22. The van der Waals surface area contributed by atoms with Gasteiger partial charge in [0.15, 0.2) is 6.04 Å². The van der Waals surface area contributed by atoms with Crippen LogP contribution in [0.1, 0.15) is 95.5 Å². The fraction of sp³-hybridized carbons (Fsp3) is 0.488. The molecule has 16 heteroatoms. The van der Waals surface area contributed by atoms with Crippen molar-refractivity contribution in [3.63, 3.8) is 0 Å². The Hall–Kier alpha value is -4.90. The Kier molecular flexibility index (Phi) is 12.8. The minimum atomic E-state index is -3.51. The van der Waals surface area contributed by atoms with Crippen molar-refractivity contribution >= 4 is 40.0 Å². The lowest BCUT2D eigenvalue weighted by molar-refractivity contribution is -0.151. The molecule has 310 valence electrons. The average Bonchev–Trinajstić information content (AvgIpc) is 3.45. The van der Waals surface area contributed by atoms with Crippen molar-refractivity contribution in [1.82, 2.24) is 29.7 Å². The highest BCUT2D eigenvalue weighted by Gasteiger charge is 2.44. The minimum absolute atomic E-state index is 0.0348. The van der Waals surface area contributed by atoms with Gasteiger partial charge in [-0.3, -0.25) is 9.11 Å². The van der Waals surface area contributed by atoms with E-state index in [2.05, 4.69) is 15.7 Å². The van der Waals surface area contributed by atoms with E-state index in [1.807, 2.05) is 51.1 Å².